The van der Waals surface area contributed by atoms with Crippen molar-refractivity contribution in [2.75, 3.05) is 18.6 Å². The van der Waals surface area contributed by atoms with Crippen molar-refractivity contribution in [3.8, 4) is 5.75 Å². The molecule has 1 N–H and O–H groups in total. The molecule has 134 valence electrons. The summed E-state index contributed by atoms with van der Waals surface area (Å²) in [5.41, 5.74) is -0.873. The van der Waals surface area contributed by atoms with Gasteiger partial charge in [-0.3, -0.25) is 29.8 Å². The summed E-state index contributed by atoms with van der Waals surface area (Å²) in [5, 5.41) is 31.1. The van der Waals surface area contributed by atoms with Crippen molar-refractivity contribution >= 4 is 28.9 Å². The second-order valence-corrected chi connectivity index (χ2v) is 5.33. The minimum absolute atomic E-state index is 0.0206. The van der Waals surface area contributed by atoms with Crippen molar-refractivity contribution in [1.82, 2.24) is 0 Å². The van der Waals surface area contributed by atoms with E-state index in [2.05, 4.69) is 0 Å². The van der Waals surface area contributed by atoms with E-state index in [1.165, 1.54) is 12.0 Å². The highest BCUT2D eigenvalue weighted by Crippen LogP contribution is 2.47. The van der Waals surface area contributed by atoms with E-state index in [4.69, 9.17) is 9.84 Å². The maximum atomic E-state index is 12.3. The summed E-state index contributed by atoms with van der Waals surface area (Å²) in [6, 6.07) is 0.778. The Morgan fingerprint density at radius 3 is 2.40 bits per heavy atom. The highest BCUT2D eigenvalue weighted by atomic mass is 16.6. The zero-order chi connectivity index (χ0) is 18.7. The molecule has 0 spiro atoms. The standard InChI is InChI=1S/C14H15N3O8/c1-25-14-8-5-6-15(11(18)3-2-4-12(19)20)13(8)9(16(21)22)7-10(14)17(23)24/h7H,2-6H2,1H3,(H,19,20). The fourth-order valence-electron chi connectivity index (χ4n) is 2.83. The van der Waals surface area contributed by atoms with Gasteiger partial charge in [-0.2, -0.15) is 0 Å². The molecule has 0 fully saturated rings. The number of anilines is 1. The number of hydrogen-bond acceptors (Lipinski definition) is 7. The van der Waals surface area contributed by atoms with Crippen LogP contribution in [0.3, 0.4) is 0 Å². The number of nitro groups is 2. The molecule has 1 aliphatic rings. The third kappa shape index (κ3) is 3.49. The predicted octanol–water partition coefficient (Wildman–Crippen LogP) is 1.66. The molecular formula is C14H15N3O8. The number of nitrogens with zero attached hydrogens (tertiary/aromatic N) is 3. The number of aliphatic carboxylic acids is 1. The van der Waals surface area contributed by atoms with E-state index in [0.29, 0.717) is 0 Å². The lowest BCUT2D eigenvalue weighted by Crippen LogP contribution is -2.29. The van der Waals surface area contributed by atoms with E-state index in [-0.39, 0.29) is 49.2 Å². The Balaban J connectivity index is 2.45. The summed E-state index contributed by atoms with van der Waals surface area (Å²) >= 11 is 0. The van der Waals surface area contributed by atoms with Crippen molar-refractivity contribution in [3.63, 3.8) is 0 Å². The monoisotopic (exact) mass is 353 g/mol. The second-order valence-electron chi connectivity index (χ2n) is 5.33. The van der Waals surface area contributed by atoms with Crippen LogP contribution in [0.1, 0.15) is 24.8 Å². The van der Waals surface area contributed by atoms with Crippen LogP contribution in [0, 0.1) is 20.2 Å². The number of carboxylic acid groups (broad SMARTS) is 1. The molecule has 0 saturated heterocycles. The van der Waals surface area contributed by atoms with Crippen molar-refractivity contribution in [1.29, 1.82) is 0 Å². The van der Waals surface area contributed by atoms with Gasteiger partial charge in [0.05, 0.1) is 17.0 Å². The van der Waals surface area contributed by atoms with Crippen LogP contribution in [-0.4, -0.2) is 40.5 Å². The van der Waals surface area contributed by atoms with Crippen LogP contribution in [-0.2, 0) is 16.0 Å². The molecule has 1 aromatic carbocycles. The Morgan fingerprint density at radius 2 is 1.88 bits per heavy atom. The number of carboxylic acids is 1. The number of benzene rings is 1. The van der Waals surface area contributed by atoms with Gasteiger partial charge in [0.1, 0.15) is 11.8 Å². The Bertz CT molecular complexity index is 761. The molecule has 1 heterocycles. The second kappa shape index (κ2) is 7.11. The van der Waals surface area contributed by atoms with Gasteiger partial charge in [-0.1, -0.05) is 0 Å². The number of carbonyl (C=O) groups is 2. The Hall–Kier alpha value is -3.24. The molecule has 0 radical (unpaired) electrons. The smallest absolute Gasteiger partial charge is 0.318 e. The lowest BCUT2D eigenvalue weighted by atomic mass is 10.1. The fraction of sp³-hybridized carbons (Fsp3) is 0.429. The number of fused-ring (bicyclic) bond motifs is 1. The number of nitro benzene ring substituents is 2. The molecule has 11 heteroatoms. The molecule has 0 atom stereocenters. The molecule has 11 nitrogen and oxygen atoms in total. The summed E-state index contributed by atoms with van der Waals surface area (Å²) in [7, 11) is 1.21. The summed E-state index contributed by atoms with van der Waals surface area (Å²) in [4.78, 5) is 44.9. The number of carbonyl (C=O) groups excluding carboxylic acids is 1. The van der Waals surface area contributed by atoms with E-state index >= 15 is 0 Å². The summed E-state index contributed by atoms with van der Waals surface area (Å²) < 4.78 is 5.04. The van der Waals surface area contributed by atoms with E-state index < -0.39 is 33.1 Å². The molecule has 0 bridgehead atoms. The topological polar surface area (TPSA) is 153 Å². The summed E-state index contributed by atoms with van der Waals surface area (Å²) in [5.74, 6) is -1.62. The van der Waals surface area contributed by atoms with E-state index in [0.717, 1.165) is 6.07 Å². The first kappa shape index (κ1) is 18.1. The van der Waals surface area contributed by atoms with Gasteiger partial charge in [0, 0.05) is 24.9 Å². The maximum absolute atomic E-state index is 12.3. The molecule has 25 heavy (non-hydrogen) atoms. The van der Waals surface area contributed by atoms with Crippen molar-refractivity contribution < 1.29 is 29.3 Å². The number of methoxy groups -OCH3 is 1. The predicted molar refractivity (Wildman–Crippen MR) is 83.8 cm³/mol. The van der Waals surface area contributed by atoms with Crippen LogP contribution in [0.2, 0.25) is 0 Å². The van der Waals surface area contributed by atoms with Crippen LogP contribution in [0.25, 0.3) is 0 Å². The van der Waals surface area contributed by atoms with Gasteiger partial charge in [0.2, 0.25) is 11.7 Å². The lowest BCUT2D eigenvalue weighted by molar-refractivity contribution is -0.394. The van der Waals surface area contributed by atoms with Crippen molar-refractivity contribution in [3.05, 3.63) is 31.9 Å². The molecule has 0 aliphatic carbocycles. The molecule has 1 aromatic rings. The molecule has 1 amide bonds. The number of ether oxygens (including phenoxy) is 1. The average Bonchev–Trinajstić information content (AvgIpc) is 2.97. The van der Waals surface area contributed by atoms with Crippen molar-refractivity contribution in [2.24, 2.45) is 0 Å². The average molecular weight is 353 g/mol. The SMILES string of the molecule is COc1c([N+](=O)[O-])cc([N+](=O)[O-])c2c1CCN2C(=O)CCCC(=O)O. The first-order valence-electron chi connectivity index (χ1n) is 7.32. The van der Waals surface area contributed by atoms with Crippen LogP contribution >= 0.6 is 0 Å². The number of hydrogen-bond donors (Lipinski definition) is 1. The summed E-state index contributed by atoms with van der Waals surface area (Å²) in [6.07, 6.45) is -0.0239. The quantitative estimate of drug-likeness (QED) is 0.573. The molecule has 0 unspecified atom stereocenters. The molecule has 2 rings (SSSR count). The van der Waals surface area contributed by atoms with Gasteiger partial charge >= 0.3 is 11.7 Å². The third-order valence-electron chi connectivity index (χ3n) is 3.84. The fourth-order valence-corrected chi connectivity index (χ4v) is 2.83. The summed E-state index contributed by atoms with van der Waals surface area (Å²) in [6.45, 7) is 0.111. The maximum Gasteiger partial charge on any atom is 0.318 e. The van der Waals surface area contributed by atoms with Gasteiger partial charge in [-0.15, -0.1) is 0 Å². The Morgan fingerprint density at radius 1 is 1.24 bits per heavy atom. The highest BCUT2D eigenvalue weighted by Gasteiger charge is 2.39. The number of rotatable bonds is 7. The van der Waals surface area contributed by atoms with Crippen LogP contribution < -0.4 is 9.64 Å². The Kier molecular flexibility index (Phi) is 5.15. The lowest BCUT2D eigenvalue weighted by Gasteiger charge is -2.17. The van der Waals surface area contributed by atoms with E-state index in [1.807, 2.05) is 0 Å². The van der Waals surface area contributed by atoms with Crippen LogP contribution in [0.15, 0.2) is 6.07 Å². The molecule has 0 aromatic heterocycles. The van der Waals surface area contributed by atoms with Gasteiger partial charge in [0.15, 0.2) is 0 Å². The van der Waals surface area contributed by atoms with Crippen LogP contribution in [0.4, 0.5) is 17.1 Å². The molecule has 0 saturated carbocycles. The Labute approximate surface area is 141 Å². The minimum atomic E-state index is -1.04. The van der Waals surface area contributed by atoms with E-state index in [1.54, 1.807) is 0 Å². The third-order valence-corrected chi connectivity index (χ3v) is 3.84. The zero-order valence-corrected chi connectivity index (χ0v) is 13.3. The van der Waals surface area contributed by atoms with Crippen molar-refractivity contribution in [2.45, 2.75) is 25.7 Å². The number of amides is 1. The van der Waals surface area contributed by atoms with Gasteiger partial charge in [-0.05, 0) is 12.8 Å². The largest absolute Gasteiger partial charge is 0.490 e. The normalized spacial score (nSPS) is 12.6. The van der Waals surface area contributed by atoms with E-state index in [9.17, 15) is 29.8 Å². The first-order chi connectivity index (χ1) is 11.8. The molecular weight excluding hydrogens is 338 g/mol. The minimum Gasteiger partial charge on any atom is -0.490 e. The van der Waals surface area contributed by atoms with Crippen LogP contribution in [0.5, 0.6) is 5.75 Å². The highest BCUT2D eigenvalue weighted by molar-refractivity contribution is 5.99. The van der Waals surface area contributed by atoms with Gasteiger partial charge in [-0.25, -0.2) is 0 Å². The van der Waals surface area contributed by atoms with Gasteiger partial charge in [0.25, 0.3) is 5.69 Å². The van der Waals surface area contributed by atoms with Gasteiger partial charge < -0.3 is 14.7 Å². The first-order valence-corrected chi connectivity index (χ1v) is 7.32. The zero-order valence-electron chi connectivity index (χ0n) is 13.3. The molecule has 1 aliphatic heterocycles.